The molecule has 0 saturated carbocycles. The Balaban J connectivity index is 1.79. The molecule has 0 fully saturated rings. The van der Waals surface area contributed by atoms with Crippen LogP contribution in [0.25, 0.3) is 0 Å². The molecule has 150 valence electrons. The molecular weight excluding hydrogens is 358 g/mol. The second kappa shape index (κ2) is 11.0. The fourth-order valence-corrected chi connectivity index (χ4v) is 2.76. The summed E-state index contributed by atoms with van der Waals surface area (Å²) in [4.78, 5) is 37.2. The van der Waals surface area contributed by atoms with Crippen LogP contribution >= 0.6 is 0 Å². The fraction of sp³-hybridized carbons (Fsp3) is 0.381. The van der Waals surface area contributed by atoms with E-state index in [0.717, 1.165) is 19.4 Å². The van der Waals surface area contributed by atoms with E-state index in [4.69, 9.17) is 4.74 Å². The summed E-state index contributed by atoms with van der Waals surface area (Å²) in [5.74, 6) is -0.542. The fourth-order valence-electron chi connectivity index (χ4n) is 2.76. The molecule has 0 aliphatic heterocycles. The van der Waals surface area contributed by atoms with Crippen molar-refractivity contribution in [1.29, 1.82) is 0 Å². The molecule has 1 amide bonds. The molecule has 0 aliphatic carbocycles. The molecule has 2 rings (SSSR count). The van der Waals surface area contributed by atoms with E-state index >= 15 is 0 Å². The number of hydrogen-bond donors (Lipinski definition) is 1. The molecular formula is C21H27N3O4. The van der Waals surface area contributed by atoms with Crippen molar-refractivity contribution in [2.75, 3.05) is 31.6 Å². The lowest BCUT2D eigenvalue weighted by Crippen LogP contribution is -2.27. The number of rotatable bonds is 11. The molecule has 1 N–H and O–H groups in total. The standard InChI is InChI=1S/C21H27N3O4/c1-3-23(4-2)14-15-28-21(27)17-7-9-18(10-8-17)22-20(26)11-13-24-12-5-6-19(24)16-25/h5-10,12,16H,3-4,11,13-15H2,1-2H3,(H,22,26). The highest BCUT2D eigenvalue weighted by molar-refractivity contribution is 5.93. The smallest absolute Gasteiger partial charge is 0.338 e. The highest BCUT2D eigenvalue weighted by Gasteiger charge is 2.09. The number of esters is 1. The highest BCUT2D eigenvalue weighted by atomic mass is 16.5. The first kappa shape index (κ1) is 21.4. The average Bonchev–Trinajstić information content (AvgIpc) is 3.17. The van der Waals surface area contributed by atoms with Crippen LogP contribution < -0.4 is 5.32 Å². The second-order valence-corrected chi connectivity index (χ2v) is 6.28. The van der Waals surface area contributed by atoms with E-state index in [-0.39, 0.29) is 18.3 Å². The monoisotopic (exact) mass is 385 g/mol. The van der Waals surface area contributed by atoms with Gasteiger partial charge in [0.25, 0.3) is 0 Å². The van der Waals surface area contributed by atoms with Gasteiger partial charge in [-0.25, -0.2) is 4.79 Å². The van der Waals surface area contributed by atoms with Crippen LogP contribution in [0.1, 0.15) is 41.1 Å². The molecule has 2 aromatic rings. The molecule has 0 bridgehead atoms. The molecule has 1 aromatic carbocycles. The number of carbonyl (C=O) groups excluding carboxylic acids is 3. The van der Waals surface area contributed by atoms with Crippen LogP contribution in [0, 0.1) is 0 Å². The Kier molecular flexibility index (Phi) is 8.42. The van der Waals surface area contributed by atoms with E-state index in [2.05, 4.69) is 24.1 Å². The van der Waals surface area contributed by atoms with Gasteiger partial charge in [-0.2, -0.15) is 0 Å². The van der Waals surface area contributed by atoms with Crippen LogP contribution in [0.15, 0.2) is 42.6 Å². The summed E-state index contributed by atoms with van der Waals surface area (Å²) in [5.41, 5.74) is 1.59. The van der Waals surface area contributed by atoms with E-state index in [1.807, 2.05) is 0 Å². The highest BCUT2D eigenvalue weighted by Crippen LogP contribution is 2.11. The summed E-state index contributed by atoms with van der Waals surface area (Å²) in [5, 5.41) is 2.78. The van der Waals surface area contributed by atoms with Gasteiger partial charge in [0, 0.05) is 31.4 Å². The summed E-state index contributed by atoms with van der Waals surface area (Å²) in [7, 11) is 0. The first-order valence-electron chi connectivity index (χ1n) is 9.47. The van der Waals surface area contributed by atoms with E-state index in [0.29, 0.717) is 36.6 Å². The number of anilines is 1. The van der Waals surface area contributed by atoms with E-state index in [1.54, 1.807) is 47.2 Å². The molecule has 0 atom stereocenters. The zero-order valence-electron chi connectivity index (χ0n) is 16.4. The Morgan fingerprint density at radius 3 is 2.50 bits per heavy atom. The third-order valence-corrected chi connectivity index (χ3v) is 4.50. The van der Waals surface area contributed by atoms with Crippen molar-refractivity contribution in [1.82, 2.24) is 9.47 Å². The number of amides is 1. The van der Waals surface area contributed by atoms with Gasteiger partial charge in [-0.05, 0) is 49.5 Å². The van der Waals surface area contributed by atoms with Crippen LogP contribution in [0.4, 0.5) is 5.69 Å². The Morgan fingerprint density at radius 2 is 1.86 bits per heavy atom. The summed E-state index contributed by atoms with van der Waals surface area (Å²) < 4.78 is 7.01. The van der Waals surface area contributed by atoms with Crippen molar-refractivity contribution >= 4 is 23.9 Å². The van der Waals surface area contributed by atoms with Crippen LogP contribution in [0.2, 0.25) is 0 Å². The predicted octanol–water partition coefficient (Wildman–Crippen LogP) is 2.83. The predicted molar refractivity (Wildman–Crippen MR) is 108 cm³/mol. The zero-order valence-corrected chi connectivity index (χ0v) is 16.4. The Hall–Kier alpha value is -2.93. The van der Waals surface area contributed by atoms with Gasteiger partial charge in [0.15, 0.2) is 6.29 Å². The van der Waals surface area contributed by atoms with Gasteiger partial charge >= 0.3 is 5.97 Å². The van der Waals surface area contributed by atoms with Crippen LogP contribution in [-0.4, -0.2) is 53.9 Å². The molecule has 0 unspecified atom stereocenters. The van der Waals surface area contributed by atoms with E-state index in [1.165, 1.54) is 0 Å². The molecule has 0 saturated heterocycles. The number of carbonyl (C=O) groups is 3. The van der Waals surface area contributed by atoms with Crippen molar-refractivity contribution in [3.05, 3.63) is 53.9 Å². The van der Waals surface area contributed by atoms with Crippen molar-refractivity contribution in [2.24, 2.45) is 0 Å². The minimum Gasteiger partial charge on any atom is -0.461 e. The molecule has 1 aromatic heterocycles. The summed E-state index contributed by atoms with van der Waals surface area (Å²) in [6.07, 6.45) is 2.76. The Bertz CT molecular complexity index is 779. The lowest BCUT2D eigenvalue weighted by atomic mass is 10.2. The topological polar surface area (TPSA) is 80.6 Å². The second-order valence-electron chi connectivity index (χ2n) is 6.28. The lowest BCUT2D eigenvalue weighted by Gasteiger charge is -2.17. The van der Waals surface area contributed by atoms with Gasteiger partial charge < -0.3 is 19.5 Å². The number of aromatic nitrogens is 1. The SMILES string of the molecule is CCN(CC)CCOC(=O)c1ccc(NC(=O)CCn2cccc2C=O)cc1. The number of likely N-dealkylation sites (N-methyl/N-ethyl adjacent to an activating group) is 1. The number of aldehydes is 1. The number of nitrogens with one attached hydrogen (secondary N) is 1. The Morgan fingerprint density at radius 1 is 1.14 bits per heavy atom. The largest absolute Gasteiger partial charge is 0.461 e. The van der Waals surface area contributed by atoms with Crippen molar-refractivity contribution in [3.8, 4) is 0 Å². The molecule has 0 aliphatic rings. The zero-order chi connectivity index (χ0) is 20.4. The van der Waals surface area contributed by atoms with Gasteiger partial charge in [0.05, 0.1) is 11.3 Å². The maximum atomic E-state index is 12.1. The number of nitrogens with zero attached hydrogens (tertiary/aromatic N) is 2. The van der Waals surface area contributed by atoms with Gasteiger partial charge in [-0.3, -0.25) is 9.59 Å². The van der Waals surface area contributed by atoms with E-state index < -0.39 is 0 Å². The lowest BCUT2D eigenvalue weighted by molar-refractivity contribution is -0.116. The number of ether oxygens (including phenoxy) is 1. The van der Waals surface area contributed by atoms with Gasteiger partial charge in [0.1, 0.15) is 6.61 Å². The molecule has 1 heterocycles. The average molecular weight is 385 g/mol. The first-order valence-corrected chi connectivity index (χ1v) is 9.47. The third kappa shape index (κ3) is 6.35. The molecule has 7 nitrogen and oxygen atoms in total. The first-order chi connectivity index (χ1) is 13.6. The van der Waals surface area contributed by atoms with Crippen LogP contribution in [0.3, 0.4) is 0 Å². The Labute approximate surface area is 165 Å². The maximum absolute atomic E-state index is 12.1. The normalized spacial score (nSPS) is 10.7. The number of aryl methyl sites for hydroxylation is 1. The third-order valence-electron chi connectivity index (χ3n) is 4.50. The van der Waals surface area contributed by atoms with E-state index in [9.17, 15) is 14.4 Å². The number of benzene rings is 1. The quantitative estimate of drug-likeness (QED) is 0.475. The minimum atomic E-state index is -0.376. The van der Waals surface area contributed by atoms with Crippen LogP contribution in [0.5, 0.6) is 0 Å². The minimum absolute atomic E-state index is 0.167. The molecule has 0 radical (unpaired) electrons. The van der Waals surface area contributed by atoms with Crippen molar-refractivity contribution in [2.45, 2.75) is 26.8 Å². The molecule has 0 spiro atoms. The van der Waals surface area contributed by atoms with Crippen molar-refractivity contribution < 1.29 is 19.1 Å². The molecule has 7 heteroatoms. The number of hydrogen-bond acceptors (Lipinski definition) is 5. The molecule has 28 heavy (non-hydrogen) atoms. The van der Waals surface area contributed by atoms with Crippen molar-refractivity contribution in [3.63, 3.8) is 0 Å². The summed E-state index contributed by atoms with van der Waals surface area (Å²) >= 11 is 0. The van der Waals surface area contributed by atoms with Gasteiger partial charge in [-0.1, -0.05) is 13.8 Å². The van der Waals surface area contributed by atoms with Gasteiger partial charge in [0.2, 0.25) is 5.91 Å². The summed E-state index contributed by atoms with van der Waals surface area (Å²) in [6.45, 7) is 7.45. The maximum Gasteiger partial charge on any atom is 0.338 e. The van der Waals surface area contributed by atoms with Gasteiger partial charge in [-0.15, -0.1) is 0 Å². The summed E-state index contributed by atoms with van der Waals surface area (Å²) in [6, 6.07) is 10.1. The van der Waals surface area contributed by atoms with Crippen LogP contribution in [-0.2, 0) is 16.1 Å².